The summed E-state index contributed by atoms with van der Waals surface area (Å²) in [6, 6.07) is 19.1. The fourth-order valence-corrected chi connectivity index (χ4v) is 3.75. The molecule has 0 atom stereocenters. The van der Waals surface area contributed by atoms with Crippen LogP contribution in [0.1, 0.15) is 25.5 Å². The van der Waals surface area contributed by atoms with E-state index in [1.54, 1.807) is 12.1 Å². The Hall–Kier alpha value is -2.08. The zero-order valence-electron chi connectivity index (χ0n) is 18.6. The molecule has 4 aromatic rings. The summed E-state index contributed by atoms with van der Waals surface area (Å²) in [4.78, 5) is 10.4. The Bertz CT molecular complexity index is 1160. The van der Waals surface area contributed by atoms with Gasteiger partial charge in [-0.15, -0.1) is 5.69 Å². The van der Waals surface area contributed by atoms with Crippen LogP contribution in [0.2, 0.25) is 0 Å². The number of nitrogens with zero attached hydrogens (tertiary/aromatic N) is 3. The molecule has 2 aromatic carbocycles. The van der Waals surface area contributed by atoms with Gasteiger partial charge in [-0.1, -0.05) is 25.5 Å². The Kier molecular flexibility index (Phi) is 9.60. The minimum atomic E-state index is 0. The summed E-state index contributed by atoms with van der Waals surface area (Å²) in [5.41, 5.74) is 10.9. The fourth-order valence-electron chi connectivity index (χ4n) is 2.98. The number of hydrogen-bond donors (Lipinski definition) is 2. The summed E-state index contributed by atoms with van der Waals surface area (Å²) in [6.07, 6.45) is 2.15. The third-order valence-electron chi connectivity index (χ3n) is 4.65. The molecule has 7 nitrogen and oxygen atoms in total. The number of aryl methyl sites for hydroxylation is 1. The van der Waals surface area contributed by atoms with Crippen LogP contribution in [0.3, 0.4) is 0 Å². The molecule has 9 heteroatoms. The van der Waals surface area contributed by atoms with Crippen molar-refractivity contribution in [1.82, 2.24) is 20.2 Å². The summed E-state index contributed by atoms with van der Waals surface area (Å²) < 4.78 is 5.78. The Morgan fingerprint density at radius 1 is 1.00 bits per heavy atom. The van der Waals surface area contributed by atoms with Gasteiger partial charge in [-0.2, -0.15) is 5.10 Å². The van der Waals surface area contributed by atoms with Crippen molar-refractivity contribution in [2.24, 2.45) is 0 Å². The smallest absolute Gasteiger partial charge is 0.194 e. The standard InChI is InChI=1S/C24H25N6OS.Ac/c1-3-4-13-31-19-9-5-17(6-10-19)21-15-22(27-23-14-16(2)29-30-23)28-24(26-21)32-20-11-7-18(25)8-12-20;/h5-12,14-15,25H,3-4,13H2,1-2H3,(H2,26,27,28,29,30);/q-1;. The maximum atomic E-state index is 7.68. The van der Waals surface area contributed by atoms with Crippen LogP contribution < -0.4 is 10.1 Å². The zero-order chi connectivity index (χ0) is 22.3. The quantitative estimate of drug-likeness (QED) is 0.148. The van der Waals surface area contributed by atoms with E-state index >= 15 is 0 Å². The number of nitrogens with one attached hydrogen (secondary N) is 3. The van der Waals surface area contributed by atoms with Crippen LogP contribution in [0, 0.1) is 51.0 Å². The monoisotopic (exact) mass is 672 g/mol. The van der Waals surface area contributed by atoms with Gasteiger partial charge < -0.3 is 15.8 Å². The third-order valence-corrected chi connectivity index (χ3v) is 5.52. The van der Waals surface area contributed by atoms with Crippen LogP contribution in [0.4, 0.5) is 17.3 Å². The summed E-state index contributed by atoms with van der Waals surface area (Å²) in [7, 11) is 0. The van der Waals surface area contributed by atoms with Gasteiger partial charge in [0.05, 0.1) is 12.3 Å². The van der Waals surface area contributed by atoms with Crippen molar-refractivity contribution in [2.45, 2.75) is 36.7 Å². The van der Waals surface area contributed by atoms with E-state index in [1.165, 1.54) is 11.8 Å². The molecule has 0 aliphatic carbocycles. The molecule has 0 fully saturated rings. The van der Waals surface area contributed by atoms with E-state index in [2.05, 4.69) is 27.4 Å². The van der Waals surface area contributed by atoms with E-state index in [4.69, 9.17) is 15.5 Å². The predicted molar refractivity (Wildman–Crippen MR) is 129 cm³/mol. The second kappa shape index (κ2) is 12.4. The molecular formula is C24H25AcN6OS-. The van der Waals surface area contributed by atoms with E-state index < -0.39 is 0 Å². The van der Waals surface area contributed by atoms with Gasteiger partial charge >= 0.3 is 0 Å². The molecule has 2 aromatic heterocycles. The number of aromatic nitrogens is 4. The molecule has 0 unspecified atom stereocenters. The molecule has 4 rings (SSSR count). The normalized spacial score (nSPS) is 10.5. The zero-order valence-corrected chi connectivity index (χ0v) is 24.2. The van der Waals surface area contributed by atoms with Gasteiger partial charge in [-0.25, -0.2) is 9.97 Å². The minimum absolute atomic E-state index is 0. The van der Waals surface area contributed by atoms with Crippen molar-refractivity contribution < 1.29 is 48.8 Å². The van der Waals surface area contributed by atoms with Crippen LogP contribution in [-0.2, 0) is 0 Å². The van der Waals surface area contributed by atoms with Crippen molar-refractivity contribution in [3.05, 3.63) is 72.1 Å². The average Bonchev–Trinajstić information content (AvgIpc) is 3.20. The first-order chi connectivity index (χ1) is 15.6. The molecule has 1 radical (unpaired) electrons. The van der Waals surface area contributed by atoms with E-state index in [1.807, 2.05) is 55.5 Å². The molecule has 0 aliphatic heterocycles. The van der Waals surface area contributed by atoms with Gasteiger partial charge in [0, 0.05) is 72.3 Å². The topological polar surface area (TPSA) is 99.5 Å². The molecule has 33 heavy (non-hydrogen) atoms. The fraction of sp³-hybridized carbons (Fsp3) is 0.208. The number of benzene rings is 2. The number of aromatic amines is 1. The number of ether oxygens (including phenoxy) is 1. The van der Waals surface area contributed by atoms with Crippen molar-refractivity contribution >= 4 is 29.1 Å². The predicted octanol–water partition coefficient (Wildman–Crippen LogP) is 6.93. The first kappa shape index (κ1) is 25.5. The molecular weight excluding hydrogens is 647 g/mol. The van der Waals surface area contributed by atoms with Crippen molar-refractivity contribution in [1.29, 1.82) is 0 Å². The second-order valence-electron chi connectivity index (χ2n) is 7.34. The van der Waals surface area contributed by atoms with Crippen LogP contribution in [0.15, 0.2) is 70.7 Å². The summed E-state index contributed by atoms with van der Waals surface area (Å²) in [6.45, 7) is 4.82. The van der Waals surface area contributed by atoms with Gasteiger partial charge in [0.1, 0.15) is 11.6 Å². The van der Waals surface area contributed by atoms with E-state index in [0.29, 0.717) is 22.5 Å². The summed E-state index contributed by atoms with van der Waals surface area (Å²) in [5, 5.41) is 11.0. The van der Waals surface area contributed by atoms with E-state index in [-0.39, 0.29) is 44.1 Å². The Labute approximate surface area is 233 Å². The number of unbranched alkanes of at least 4 members (excludes halogenated alkanes) is 1. The van der Waals surface area contributed by atoms with Crippen molar-refractivity contribution in [3.8, 4) is 17.0 Å². The molecule has 0 spiro atoms. The Morgan fingerprint density at radius 2 is 1.76 bits per heavy atom. The van der Waals surface area contributed by atoms with E-state index in [9.17, 15) is 0 Å². The SMILES string of the molecule is CCCCOc1ccc(-c2cc(Nc3cc(C)[nH]n3)nc(Sc3ccc([NH-])cc3)n2)cc1.[Ac]. The van der Waals surface area contributed by atoms with Crippen LogP contribution >= 0.6 is 11.8 Å². The van der Waals surface area contributed by atoms with Crippen LogP contribution in [-0.4, -0.2) is 26.8 Å². The molecule has 0 bridgehead atoms. The third kappa shape index (κ3) is 7.46. The van der Waals surface area contributed by atoms with Crippen molar-refractivity contribution in [3.63, 3.8) is 0 Å². The first-order valence-electron chi connectivity index (χ1n) is 10.5. The maximum absolute atomic E-state index is 7.68. The van der Waals surface area contributed by atoms with Gasteiger partial charge in [0.2, 0.25) is 0 Å². The number of hydrogen-bond acceptors (Lipinski definition) is 6. The van der Waals surface area contributed by atoms with Gasteiger partial charge in [-0.3, -0.25) is 5.10 Å². The molecule has 0 aliphatic rings. The van der Waals surface area contributed by atoms with Crippen LogP contribution in [0.5, 0.6) is 5.75 Å². The van der Waals surface area contributed by atoms with Gasteiger partial charge in [0.15, 0.2) is 11.0 Å². The molecule has 3 N–H and O–H groups in total. The second-order valence-corrected chi connectivity index (χ2v) is 8.38. The van der Waals surface area contributed by atoms with E-state index in [0.717, 1.165) is 47.0 Å². The minimum Gasteiger partial charge on any atom is -0.699 e. The summed E-state index contributed by atoms with van der Waals surface area (Å²) in [5.74, 6) is 2.21. The average molecular weight is 673 g/mol. The molecule has 0 amide bonds. The summed E-state index contributed by atoms with van der Waals surface area (Å²) >= 11 is 1.45. The number of anilines is 2. The van der Waals surface area contributed by atoms with Gasteiger partial charge in [0.25, 0.3) is 0 Å². The Morgan fingerprint density at radius 3 is 2.42 bits per heavy atom. The van der Waals surface area contributed by atoms with Gasteiger partial charge in [-0.05, 0) is 61.5 Å². The largest absolute Gasteiger partial charge is 0.699 e. The molecule has 0 saturated heterocycles. The van der Waals surface area contributed by atoms with Crippen molar-refractivity contribution in [2.75, 3.05) is 11.9 Å². The van der Waals surface area contributed by atoms with Crippen LogP contribution in [0.25, 0.3) is 17.0 Å². The number of rotatable bonds is 9. The Balaban J connectivity index is 0.00000306. The molecule has 0 saturated carbocycles. The maximum Gasteiger partial charge on any atom is 0.194 e. The molecule has 2 heterocycles. The number of H-pyrrole nitrogens is 1. The molecule has 167 valence electrons. The first-order valence-corrected chi connectivity index (χ1v) is 11.3.